The molecule has 4 nitrogen and oxygen atoms in total. The van der Waals surface area contributed by atoms with Crippen molar-refractivity contribution in [1.82, 2.24) is 14.9 Å². The predicted octanol–water partition coefficient (Wildman–Crippen LogP) is 6.36. The van der Waals surface area contributed by atoms with Gasteiger partial charge in [0.2, 0.25) is 0 Å². The maximum atomic E-state index is 6.56. The first-order valence-electron chi connectivity index (χ1n) is 9.82. The highest BCUT2D eigenvalue weighted by atomic mass is 35.5. The van der Waals surface area contributed by atoms with E-state index in [0.29, 0.717) is 15.2 Å². The topological polar surface area (TPSA) is 33.1 Å². The van der Waals surface area contributed by atoms with E-state index < -0.39 is 0 Å². The Morgan fingerprint density at radius 2 is 1.71 bits per heavy atom. The van der Waals surface area contributed by atoms with Crippen LogP contribution in [0, 0.1) is 0 Å². The van der Waals surface area contributed by atoms with Crippen LogP contribution in [0.15, 0.2) is 91.3 Å². The van der Waals surface area contributed by atoms with Crippen LogP contribution in [0.2, 0.25) is 10.0 Å². The summed E-state index contributed by atoms with van der Waals surface area (Å²) in [5, 5.41) is 5.32. The summed E-state index contributed by atoms with van der Waals surface area (Å²) in [7, 11) is 0. The molecule has 2 atom stereocenters. The van der Waals surface area contributed by atoms with Gasteiger partial charge in [-0.2, -0.15) is 0 Å². The summed E-state index contributed by atoms with van der Waals surface area (Å²) >= 11 is 18.5. The normalized spacial score (nSPS) is 18.3. The van der Waals surface area contributed by atoms with Crippen molar-refractivity contribution >= 4 is 46.2 Å². The largest absolute Gasteiger partial charge is 0.351 e. The molecule has 3 heterocycles. The highest BCUT2D eigenvalue weighted by Gasteiger charge is 2.42. The van der Waals surface area contributed by atoms with Crippen LogP contribution in [0.25, 0.3) is 5.69 Å². The molecule has 0 radical (unpaired) electrons. The zero-order valence-electron chi connectivity index (χ0n) is 16.3. The third-order valence-corrected chi connectivity index (χ3v) is 6.24. The quantitative estimate of drug-likeness (QED) is 0.356. The molecule has 2 unspecified atom stereocenters. The predicted molar refractivity (Wildman–Crippen MR) is 130 cm³/mol. The molecule has 1 aliphatic heterocycles. The van der Waals surface area contributed by atoms with Gasteiger partial charge >= 0.3 is 0 Å². The van der Waals surface area contributed by atoms with Crippen LogP contribution in [-0.2, 0) is 0 Å². The fourth-order valence-electron chi connectivity index (χ4n) is 4.05. The van der Waals surface area contributed by atoms with Crippen molar-refractivity contribution in [3.63, 3.8) is 0 Å². The molecule has 31 heavy (non-hydrogen) atoms. The highest BCUT2D eigenvalue weighted by Crippen LogP contribution is 2.42. The Hall–Kier alpha value is -2.86. The van der Waals surface area contributed by atoms with Crippen LogP contribution in [0.4, 0.5) is 5.69 Å². The molecule has 1 N–H and O–H groups in total. The molecule has 2 aromatic heterocycles. The third kappa shape index (κ3) is 3.69. The van der Waals surface area contributed by atoms with Gasteiger partial charge in [-0.3, -0.25) is 4.98 Å². The van der Waals surface area contributed by atoms with E-state index in [0.717, 1.165) is 22.8 Å². The van der Waals surface area contributed by atoms with E-state index in [-0.39, 0.29) is 12.1 Å². The minimum absolute atomic E-state index is 0.131. The van der Waals surface area contributed by atoms with Gasteiger partial charge in [-0.25, -0.2) is 0 Å². The minimum atomic E-state index is -0.133. The molecule has 1 saturated heterocycles. The van der Waals surface area contributed by atoms with Crippen LogP contribution in [0.1, 0.15) is 23.5 Å². The number of pyridine rings is 1. The second-order valence-electron chi connectivity index (χ2n) is 7.23. The van der Waals surface area contributed by atoms with E-state index >= 15 is 0 Å². The molecular formula is C24H18Cl2N4S. The van der Waals surface area contributed by atoms with E-state index in [1.165, 1.54) is 0 Å². The van der Waals surface area contributed by atoms with Crippen molar-refractivity contribution in [2.24, 2.45) is 0 Å². The number of halogens is 2. The van der Waals surface area contributed by atoms with Gasteiger partial charge in [0.25, 0.3) is 0 Å². The lowest BCUT2D eigenvalue weighted by atomic mass is 10.0. The molecule has 2 aromatic carbocycles. The minimum Gasteiger partial charge on any atom is -0.351 e. The number of hydrogen-bond donors (Lipinski definition) is 1. The van der Waals surface area contributed by atoms with E-state index in [4.69, 9.17) is 35.4 Å². The highest BCUT2D eigenvalue weighted by molar-refractivity contribution is 7.80. The molecule has 0 bridgehead atoms. The van der Waals surface area contributed by atoms with Gasteiger partial charge < -0.3 is 14.8 Å². The number of benzene rings is 2. The number of aromatic nitrogens is 2. The van der Waals surface area contributed by atoms with E-state index in [1.807, 2.05) is 60.8 Å². The van der Waals surface area contributed by atoms with Crippen molar-refractivity contribution in [1.29, 1.82) is 0 Å². The Kier molecular flexibility index (Phi) is 5.40. The van der Waals surface area contributed by atoms with Gasteiger partial charge in [0.15, 0.2) is 5.11 Å². The smallest absolute Gasteiger partial charge is 0.174 e. The molecular weight excluding hydrogens is 447 g/mol. The first kappa shape index (κ1) is 20.1. The Morgan fingerprint density at radius 3 is 2.45 bits per heavy atom. The summed E-state index contributed by atoms with van der Waals surface area (Å²) in [6.07, 6.45) is 3.81. The molecule has 4 aromatic rings. The number of hydrogen-bond acceptors (Lipinski definition) is 2. The number of thiocarbonyl (C=S) groups is 1. The lowest BCUT2D eigenvalue weighted by molar-refractivity contribution is 0.549. The maximum Gasteiger partial charge on any atom is 0.174 e. The van der Waals surface area contributed by atoms with Gasteiger partial charge in [0.05, 0.1) is 22.4 Å². The summed E-state index contributed by atoms with van der Waals surface area (Å²) in [6, 6.07) is 25.4. The van der Waals surface area contributed by atoms with Crippen LogP contribution >= 0.6 is 35.4 Å². The average Bonchev–Trinajstić information content (AvgIpc) is 3.39. The maximum absolute atomic E-state index is 6.56. The monoisotopic (exact) mass is 464 g/mol. The van der Waals surface area contributed by atoms with Crippen molar-refractivity contribution in [2.75, 3.05) is 4.90 Å². The average molecular weight is 465 g/mol. The van der Waals surface area contributed by atoms with Crippen molar-refractivity contribution in [2.45, 2.75) is 12.1 Å². The van der Waals surface area contributed by atoms with Gasteiger partial charge in [0.1, 0.15) is 6.04 Å². The molecule has 154 valence electrons. The first-order valence-corrected chi connectivity index (χ1v) is 11.0. The third-order valence-electron chi connectivity index (χ3n) is 5.39. The lowest BCUT2D eigenvalue weighted by Gasteiger charge is -2.29. The SMILES string of the molecule is S=C1NC(c2ccccn2)C(c2cccn2-c2ccc(Cl)cc2Cl)N1c1ccccc1. The van der Waals surface area contributed by atoms with Gasteiger partial charge in [-0.1, -0.05) is 47.5 Å². The first-order chi connectivity index (χ1) is 15.1. The van der Waals surface area contributed by atoms with Crippen molar-refractivity contribution in [3.8, 4) is 5.69 Å². The molecule has 1 fully saturated rings. The number of anilines is 1. The van der Waals surface area contributed by atoms with E-state index in [9.17, 15) is 0 Å². The number of nitrogens with one attached hydrogen (secondary N) is 1. The molecule has 5 rings (SSSR count). The molecule has 0 aliphatic carbocycles. The second-order valence-corrected chi connectivity index (χ2v) is 8.46. The van der Waals surface area contributed by atoms with E-state index in [1.54, 1.807) is 12.3 Å². The standard InChI is InChI=1S/C24H18Cl2N4S/c25-16-11-12-20(18(26)15-16)29-14-6-10-21(29)23-22(19-9-4-5-13-27-19)28-24(31)30(23)17-7-2-1-3-8-17/h1-15,22-23H,(H,28,31). The number of para-hydroxylation sites is 1. The second kappa shape index (κ2) is 8.35. The summed E-state index contributed by atoms with van der Waals surface area (Å²) in [5.41, 5.74) is 3.83. The zero-order chi connectivity index (χ0) is 21.4. The molecule has 0 spiro atoms. The summed E-state index contributed by atoms with van der Waals surface area (Å²) < 4.78 is 2.09. The Morgan fingerprint density at radius 1 is 0.903 bits per heavy atom. The number of nitrogens with zero attached hydrogens (tertiary/aromatic N) is 3. The van der Waals surface area contributed by atoms with Crippen molar-refractivity contribution in [3.05, 3.63) is 113 Å². The summed E-state index contributed by atoms with van der Waals surface area (Å²) in [4.78, 5) is 6.76. The fraction of sp³-hybridized carbons (Fsp3) is 0.0833. The van der Waals surface area contributed by atoms with Gasteiger partial charge in [0, 0.05) is 28.8 Å². The summed E-state index contributed by atoms with van der Waals surface area (Å²) in [5.74, 6) is 0. The van der Waals surface area contributed by atoms with Crippen molar-refractivity contribution < 1.29 is 0 Å². The molecule has 0 saturated carbocycles. The van der Waals surface area contributed by atoms with Crippen LogP contribution in [0.5, 0.6) is 0 Å². The van der Waals surface area contributed by atoms with Crippen LogP contribution in [0.3, 0.4) is 0 Å². The fourth-order valence-corrected chi connectivity index (χ4v) is 4.90. The molecule has 1 aliphatic rings. The Balaban J connectivity index is 1.68. The van der Waals surface area contributed by atoms with Crippen LogP contribution < -0.4 is 10.2 Å². The Labute approximate surface area is 196 Å². The lowest BCUT2D eigenvalue weighted by Crippen LogP contribution is -2.30. The Bertz CT molecular complexity index is 1230. The van der Waals surface area contributed by atoms with Gasteiger partial charge in [-0.15, -0.1) is 0 Å². The number of rotatable bonds is 4. The van der Waals surface area contributed by atoms with E-state index in [2.05, 4.69) is 38.0 Å². The van der Waals surface area contributed by atoms with Crippen LogP contribution in [-0.4, -0.2) is 14.7 Å². The van der Waals surface area contributed by atoms with Gasteiger partial charge in [-0.05, 0) is 66.8 Å². The zero-order valence-corrected chi connectivity index (χ0v) is 18.6. The molecule has 7 heteroatoms. The molecule has 0 amide bonds. The summed E-state index contributed by atoms with van der Waals surface area (Å²) in [6.45, 7) is 0.